The Morgan fingerprint density at radius 3 is 3.14 bits per heavy atom. The molecule has 2 heterocycles. The minimum absolute atomic E-state index is 0.454. The molecule has 5 N–H and O–H groups in total. The minimum Gasteiger partial charge on any atom is -0.384 e. The first-order valence-corrected chi connectivity index (χ1v) is 4.95. The van der Waals surface area contributed by atoms with Crippen LogP contribution >= 0.6 is 0 Å². The van der Waals surface area contributed by atoms with Crippen molar-refractivity contribution in [3.05, 3.63) is 17.3 Å². The van der Waals surface area contributed by atoms with Crippen molar-refractivity contribution in [2.24, 2.45) is 5.73 Å². The van der Waals surface area contributed by atoms with Gasteiger partial charge in [-0.25, -0.2) is 4.98 Å². The molecule has 14 heavy (non-hydrogen) atoms. The average Bonchev–Trinajstić information content (AvgIpc) is 2.54. The van der Waals surface area contributed by atoms with Gasteiger partial charge < -0.3 is 16.8 Å². The lowest BCUT2D eigenvalue weighted by atomic mass is 10.0. The van der Waals surface area contributed by atoms with Gasteiger partial charge in [-0.3, -0.25) is 0 Å². The number of fused-ring (bicyclic) bond motifs is 1. The first-order valence-electron chi connectivity index (χ1n) is 4.95. The van der Waals surface area contributed by atoms with E-state index in [1.165, 1.54) is 5.56 Å². The molecule has 76 valence electrons. The topological polar surface area (TPSA) is 77.0 Å². The largest absolute Gasteiger partial charge is 0.384 e. The summed E-state index contributed by atoms with van der Waals surface area (Å²) in [6.07, 6.45) is 2.68. The molecule has 0 spiro atoms. The van der Waals surface area contributed by atoms with Crippen molar-refractivity contribution >= 4 is 11.5 Å². The first-order chi connectivity index (χ1) is 6.74. The monoisotopic (exact) mass is 192 g/mol. The zero-order valence-corrected chi connectivity index (χ0v) is 8.38. The molecule has 0 bridgehead atoms. The highest BCUT2D eigenvalue weighted by atomic mass is 15.0. The quantitative estimate of drug-likeness (QED) is 0.644. The summed E-state index contributed by atoms with van der Waals surface area (Å²) < 4.78 is 0. The van der Waals surface area contributed by atoms with E-state index in [-0.39, 0.29) is 0 Å². The summed E-state index contributed by atoms with van der Waals surface area (Å²) in [6, 6.07) is 0. The molecule has 1 aliphatic heterocycles. The maximum atomic E-state index is 5.85. The van der Waals surface area contributed by atoms with Crippen LogP contribution in [0, 0.1) is 0 Å². The Bertz CT molecular complexity index is 348. The Labute approximate surface area is 83.7 Å². The maximum Gasteiger partial charge on any atom is 0.128 e. The van der Waals surface area contributed by atoms with Gasteiger partial charge in [-0.15, -0.1) is 0 Å². The molecule has 0 radical (unpaired) electrons. The van der Waals surface area contributed by atoms with Gasteiger partial charge in [-0.2, -0.15) is 0 Å². The smallest absolute Gasteiger partial charge is 0.128 e. The van der Waals surface area contributed by atoms with Crippen molar-refractivity contribution in [3.63, 3.8) is 0 Å². The predicted molar refractivity (Wildman–Crippen MR) is 58.3 cm³/mol. The second-order valence-electron chi connectivity index (χ2n) is 3.78. The van der Waals surface area contributed by atoms with Crippen LogP contribution in [0.15, 0.2) is 6.20 Å². The summed E-state index contributed by atoms with van der Waals surface area (Å²) in [5.74, 6) is 1.11. The van der Waals surface area contributed by atoms with Crippen molar-refractivity contribution < 1.29 is 0 Å². The fourth-order valence-electron chi connectivity index (χ4n) is 1.99. The van der Waals surface area contributed by atoms with Gasteiger partial charge >= 0.3 is 0 Å². The van der Waals surface area contributed by atoms with E-state index in [1.54, 1.807) is 0 Å². The highest BCUT2D eigenvalue weighted by Gasteiger charge is 2.23. The zero-order valence-electron chi connectivity index (χ0n) is 8.38. The molecule has 2 rings (SSSR count). The van der Waals surface area contributed by atoms with Gasteiger partial charge in [0.2, 0.25) is 0 Å². The van der Waals surface area contributed by atoms with Crippen LogP contribution in [0.2, 0.25) is 0 Å². The second kappa shape index (κ2) is 3.46. The van der Waals surface area contributed by atoms with Gasteiger partial charge in [0.15, 0.2) is 0 Å². The number of aromatic nitrogens is 1. The van der Waals surface area contributed by atoms with Crippen LogP contribution in [0.5, 0.6) is 0 Å². The first kappa shape index (κ1) is 9.27. The summed E-state index contributed by atoms with van der Waals surface area (Å²) in [6.45, 7) is 3.75. The second-order valence-corrected chi connectivity index (χ2v) is 3.78. The number of nitrogens with two attached hydrogens (primary N) is 2. The molecular formula is C10H16N4. The standard InChI is InChI=1S/C10H16N4/c1-6-4-13-9-7(2-3-11)5-14-10(12)8(6)9/h5-6,13H,2-4,11H2,1H3,(H2,12,14). The third-order valence-corrected chi connectivity index (χ3v) is 2.72. The fourth-order valence-corrected chi connectivity index (χ4v) is 1.99. The Kier molecular flexibility index (Phi) is 2.29. The van der Waals surface area contributed by atoms with E-state index in [0.717, 1.165) is 24.2 Å². The van der Waals surface area contributed by atoms with Crippen molar-refractivity contribution in [2.75, 3.05) is 24.1 Å². The molecule has 0 amide bonds. The van der Waals surface area contributed by atoms with Gasteiger partial charge in [0.05, 0.1) is 0 Å². The lowest BCUT2D eigenvalue weighted by Gasteiger charge is -2.09. The molecule has 0 saturated carbocycles. The Morgan fingerprint density at radius 1 is 1.64 bits per heavy atom. The molecular weight excluding hydrogens is 176 g/mol. The van der Waals surface area contributed by atoms with Crippen LogP contribution in [0.25, 0.3) is 0 Å². The molecule has 0 aliphatic carbocycles. The van der Waals surface area contributed by atoms with Crippen LogP contribution in [-0.4, -0.2) is 18.1 Å². The Morgan fingerprint density at radius 2 is 2.43 bits per heavy atom. The van der Waals surface area contributed by atoms with Gasteiger partial charge in [-0.1, -0.05) is 6.92 Å². The number of pyridine rings is 1. The van der Waals surface area contributed by atoms with Crippen molar-refractivity contribution in [3.8, 4) is 0 Å². The maximum absolute atomic E-state index is 5.85. The Balaban J connectivity index is 2.47. The fraction of sp³-hybridized carbons (Fsp3) is 0.500. The van der Waals surface area contributed by atoms with Gasteiger partial charge in [0, 0.05) is 29.9 Å². The summed E-state index contributed by atoms with van der Waals surface area (Å²) in [7, 11) is 0. The lowest BCUT2D eigenvalue weighted by Crippen LogP contribution is -2.06. The van der Waals surface area contributed by atoms with E-state index in [0.29, 0.717) is 18.3 Å². The average molecular weight is 192 g/mol. The third kappa shape index (κ3) is 1.32. The highest BCUT2D eigenvalue weighted by Crippen LogP contribution is 2.36. The van der Waals surface area contributed by atoms with Gasteiger partial charge in [-0.05, 0) is 18.5 Å². The summed E-state index contributed by atoms with van der Waals surface area (Å²) in [4.78, 5) is 4.20. The summed E-state index contributed by atoms with van der Waals surface area (Å²) in [5.41, 5.74) is 14.9. The number of hydrogen-bond acceptors (Lipinski definition) is 4. The van der Waals surface area contributed by atoms with E-state index in [4.69, 9.17) is 11.5 Å². The number of nitrogens with zero attached hydrogens (tertiary/aromatic N) is 1. The summed E-state index contributed by atoms with van der Waals surface area (Å²) >= 11 is 0. The molecule has 0 saturated heterocycles. The molecule has 0 aromatic carbocycles. The van der Waals surface area contributed by atoms with Gasteiger partial charge in [0.1, 0.15) is 5.82 Å². The van der Waals surface area contributed by atoms with E-state index < -0.39 is 0 Å². The van der Waals surface area contributed by atoms with Crippen molar-refractivity contribution in [2.45, 2.75) is 19.3 Å². The number of nitrogens with one attached hydrogen (secondary N) is 1. The number of anilines is 2. The lowest BCUT2D eigenvalue weighted by molar-refractivity contribution is 0.852. The van der Waals surface area contributed by atoms with E-state index in [1.807, 2.05) is 6.20 Å². The minimum atomic E-state index is 0.454. The number of hydrogen-bond donors (Lipinski definition) is 3. The summed E-state index contributed by atoms with van der Waals surface area (Å²) in [5, 5.41) is 3.37. The number of nitrogen functional groups attached to an aromatic ring is 1. The van der Waals surface area contributed by atoms with Crippen LogP contribution in [0.3, 0.4) is 0 Å². The van der Waals surface area contributed by atoms with E-state index >= 15 is 0 Å². The molecule has 4 heteroatoms. The van der Waals surface area contributed by atoms with Crippen LogP contribution in [-0.2, 0) is 6.42 Å². The molecule has 1 aromatic rings. The van der Waals surface area contributed by atoms with Crippen molar-refractivity contribution in [1.82, 2.24) is 4.98 Å². The van der Waals surface area contributed by atoms with Crippen LogP contribution in [0.4, 0.5) is 11.5 Å². The molecule has 1 aliphatic rings. The molecule has 4 nitrogen and oxygen atoms in total. The zero-order chi connectivity index (χ0) is 10.1. The van der Waals surface area contributed by atoms with Crippen LogP contribution < -0.4 is 16.8 Å². The molecule has 1 unspecified atom stereocenters. The van der Waals surface area contributed by atoms with E-state index in [2.05, 4.69) is 17.2 Å². The van der Waals surface area contributed by atoms with Crippen LogP contribution in [0.1, 0.15) is 24.0 Å². The predicted octanol–water partition coefficient (Wildman–Crippen LogP) is 0.694. The molecule has 1 atom stereocenters. The Hall–Kier alpha value is -1.29. The SMILES string of the molecule is CC1CNc2c(CCN)cnc(N)c21. The third-order valence-electron chi connectivity index (χ3n) is 2.72. The van der Waals surface area contributed by atoms with Gasteiger partial charge in [0.25, 0.3) is 0 Å². The normalized spacial score (nSPS) is 19.1. The van der Waals surface area contributed by atoms with Crippen molar-refractivity contribution in [1.29, 1.82) is 0 Å². The van der Waals surface area contributed by atoms with E-state index in [9.17, 15) is 0 Å². The number of rotatable bonds is 2. The molecule has 1 aromatic heterocycles. The molecule has 0 fully saturated rings. The highest BCUT2D eigenvalue weighted by molar-refractivity contribution is 5.69.